The Bertz CT molecular complexity index is 930. The van der Waals surface area contributed by atoms with Crippen LogP contribution in [0.4, 0.5) is 28.8 Å². The fraction of sp³-hybridized carbons (Fsp3) is 0.286. The summed E-state index contributed by atoms with van der Waals surface area (Å²) < 4.78 is 0. The minimum atomic E-state index is 0.577. The van der Waals surface area contributed by atoms with Gasteiger partial charge in [0.25, 0.3) is 0 Å². The van der Waals surface area contributed by atoms with Crippen LogP contribution >= 0.6 is 0 Å². The molecular formula is C21H25N7. The lowest BCUT2D eigenvalue weighted by molar-refractivity contribution is 0.642. The zero-order valence-corrected chi connectivity index (χ0v) is 16.3. The zero-order chi connectivity index (χ0) is 19.5. The van der Waals surface area contributed by atoms with Gasteiger partial charge < -0.3 is 20.9 Å². The van der Waals surface area contributed by atoms with Crippen LogP contribution in [0.1, 0.15) is 11.1 Å². The first-order chi connectivity index (χ1) is 13.6. The van der Waals surface area contributed by atoms with Gasteiger partial charge in [-0.25, -0.2) is 15.0 Å². The van der Waals surface area contributed by atoms with Crippen molar-refractivity contribution in [3.05, 3.63) is 60.0 Å². The molecule has 144 valence electrons. The fourth-order valence-electron chi connectivity index (χ4n) is 3.61. The van der Waals surface area contributed by atoms with Crippen LogP contribution in [0, 0.1) is 13.8 Å². The van der Waals surface area contributed by atoms with Gasteiger partial charge in [-0.3, -0.25) is 0 Å². The van der Waals surface area contributed by atoms with E-state index in [4.69, 9.17) is 5.73 Å². The minimum Gasteiger partial charge on any atom is -0.393 e. The van der Waals surface area contributed by atoms with Gasteiger partial charge in [0.15, 0.2) is 11.6 Å². The number of piperazine rings is 1. The van der Waals surface area contributed by atoms with Gasteiger partial charge in [0.05, 0.1) is 0 Å². The van der Waals surface area contributed by atoms with Crippen LogP contribution in [-0.4, -0.2) is 41.1 Å². The highest BCUT2D eigenvalue weighted by atomic mass is 15.3. The molecule has 1 aliphatic heterocycles. The molecule has 7 nitrogen and oxygen atoms in total. The van der Waals surface area contributed by atoms with E-state index < -0.39 is 0 Å². The number of anilines is 5. The van der Waals surface area contributed by atoms with Gasteiger partial charge in [0.2, 0.25) is 0 Å². The molecule has 28 heavy (non-hydrogen) atoms. The van der Waals surface area contributed by atoms with Gasteiger partial charge in [-0.1, -0.05) is 12.1 Å². The number of aryl methyl sites for hydroxylation is 2. The maximum atomic E-state index is 6.43. The van der Waals surface area contributed by atoms with E-state index in [1.54, 1.807) is 6.33 Å². The molecule has 1 saturated heterocycles. The molecule has 0 bridgehead atoms. The Morgan fingerprint density at radius 3 is 2.29 bits per heavy atom. The van der Waals surface area contributed by atoms with Crippen molar-refractivity contribution >= 4 is 28.8 Å². The molecule has 0 unspecified atom stereocenters. The van der Waals surface area contributed by atoms with E-state index in [2.05, 4.69) is 62.1 Å². The van der Waals surface area contributed by atoms with Crippen LogP contribution in [0.2, 0.25) is 0 Å². The molecule has 3 N–H and O–H groups in total. The molecule has 0 aliphatic carbocycles. The Labute approximate surface area is 165 Å². The number of nitrogens with one attached hydrogen (secondary N) is 1. The number of aromatic nitrogens is 3. The second-order valence-electron chi connectivity index (χ2n) is 7.12. The maximum Gasteiger partial charge on any atom is 0.159 e. The number of nitrogens with two attached hydrogens (primary N) is 1. The average molecular weight is 375 g/mol. The van der Waals surface area contributed by atoms with Crippen LogP contribution in [0.15, 0.2) is 48.9 Å². The highest BCUT2D eigenvalue weighted by Gasteiger charge is 2.22. The van der Waals surface area contributed by atoms with Crippen molar-refractivity contribution in [1.29, 1.82) is 0 Å². The summed E-state index contributed by atoms with van der Waals surface area (Å²) in [4.78, 5) is 17.7. The molecule has 0 amide bonds. The summed E-state index contributed by atoms with van der Waals surface area (Å²) in [5, 5.41) is 3.34. The molecule has 1 aromatic carbocycles. The third-order valence-electron chi connectivity index (χ3n) is 4.90. The van der Waals surface area contributed by atoms with Crippen molar-refractivity contribution in [3.63, 3.8) is 0 Å². The summed E-state index contributed by atoms with van der Waals surface area (Å²) in [6.45, 7) is 7.57. The molecule has 1 aliphatic rings. The molecular weight excluding hydrogens is 350 g/mol. The topological polar surface area (TPSA) is 83.2 Å². The van der Waals surface area contributed by atoms with E-state index >= 15 is 0 Å². The molecule has 7 heteroatoms. The normalized spacial score (nSPS) is 14.2. The predicted octanol–water partition coefficient (Wildman–Crippen LogP) is 3.14. The van der Waals surface area contributed by atoms with Crippen molar-refractivity contribution in [2.24, 2.45) is 0 Å². The first kappa shape index (κ1) is 18.0. The molecule has 3 aromatic rings. The van der Waals surface area contributed by atoms with Gasteiger partial charge in [-0.2, -0.15) is 0 Å². The largest absolute Gasteiger partial charge is 0.393 e. The smallest absolute Gasteiger partial charge is 0.159 e. The van der Waals surface area contributed by atoms with Crippen LogP contribution < -0.4 is 20.9 Å². The zero-order valence-electron chi connectivity index (χ0n) is 16.3. The van der Waals surface area contributed by atoms with Crippen molar-refractivity contribution in [1.82, 2.24) is 15.0 Å². The Kier molecular flexibility index (Phi) is 4.97. The van der Waals surface area contributed by atoms with Gasteiger partial charge >= 0.3 is 0 Å². The standard InChI is InChI=1S/C21H25N7/c1-15-11-16(2)13-17(12-15)26-20-19(22)21(25-14-24-20)28-9-7-27(8-10-28)18-5-3-4-6-23-18/h3-6,11-14H,7-10,22H2,1-2H3,(H,24,25,26). The second-order valence-corrected chi connectivity index (χ2v) is 7.12. The molecule has 0 atom stereocenters. The molecule has 0 radical (unpaired) electrons. The Morgan fingerprint density at radius 1 is 0.893 bits per heavy atom. The van der Waals surface area contributed by atoms with Crippen molar-refractivity contribution in [2.75, 3.05) is 47.0 Å². The summed E-state index contributed by atoms with van der Waals surface area (Å²) in [6, 6.07) is 12.3. The lowest BCUT2D eigenvalue weighted by Crippen LogP contribution is -2.47. The quantitative estimate of drug-likeness (QED) is 0.725. The van der Waals surface area contributed by atoms with Gasteiger partial charge in [0, 0.05) is 38.1 Å². The maximum absolute atomic E-state index is 6.43. The highest BCUT2D eigenvalue weighted by molar-refractivity contribution is 5.78. The van der Waals surface area contributed by atoms with Crippen LogP contribution in [-0.2, 0) is 0 Å². The highest BCUT2D eigenvalue weighted by Crippen LogP contribution is 2.30. The lowest BCUT2D eigenvalue weighted by Gasteiger charge is -2.36. The number of rotatable bonds is 4. The van der Waals surface area contributed by atoms with Crippen molar-refractivity contribution in [3.8, 4) is 0 Å². The van der Waals surface area contributed by atoms with E-state index in [0.717, 1.165) is 43.5 Å². The number of nitrogen functional groups attached to an aromatic ring is 1. The second kappa shape index (κ2) is 7.72. The van der Waals surface area contributed by atoms with Gasteiger partial charge in [-0.15, -0.1) is 0 Å². The monoisotopic (exact) mass is 375 g/mol. The number of benzene rings is 1. The molecule has 4 rings (SSSR count). The summed E-state index contributed by atoms with van der Waals surface area (Å²) >= 11 is 0. The third kappa shape index (κ3) is 3.83. The van der Waals surface area contributed by atoms with Crippen LogP contribution in [0.25, 0.3) is 0 Å². The summed E-state index contributed by atoms with van der Waals surface area (Å²) in [6.07, 6.45) is 3.40. The van der Waals surface area contributed by atoms with Crippen LogP contribution in [0.5, 0.6) is 0 Å². The summed E-state index contributed by atoms with van der Waals surface area (Å²) in [7, 11) is 0. The molecule has 0 saturated carbocycles. The molecule has 0 spiro atoms. The third-order valence-corrected chi connectivity index (χ3v) is 4.90. The first-order valence-electron chi connectivity index (χ1n) is 9.47. The number of pyridine rings is 1. The average Bonchev–Trinajstić information content (AvgIpc) is 2.70. The van der Waals surface area contributed by atoms with E-state index in [-0.39, 0.29) is 0 Å². The molecule has 1 fully saturated rings. The van der Waals surface area contributed by atoms with E-state index in [1.807, 2.05) is 24.4 Å². The number of hydrogen-bond acceptors (Lipinski definition) is 7. The Balaban J connectivity index is 1.49. The fourth-order valence-corrected chi connectivity index (χ4v) is 3.61. The van der Waals surface area contributed by atoms with E-state index in [0.29, 0.717) is 11.5 Å². The van der Waals surface area contributed by atoms with Crippen molar-refractivity contribution in [2.45, 2.75) is 13.8 Å². The SMILES string of the molecule is Cc1cc(C)cc(Nc2ncnc(N3CCN(c4ccccn4)CC3)c2N)c1. The van der Waals surface area contributed by atoms with Gasteiger partial charge in [0.1, 0.15) is 17.8 Å². The lowest BCUT2D eigenvalue weighted by atomic mass is 10.1. The van der Waals surface area contributed by atoms with E-state index in [1.165, 1.54) is 11.1 Å². The summed E-state index contributed by atoms with van der Waals surface area (Å²) in [5.41, 5.74) is 10.4. The molecule has 2 aromatic heterocycles. The first-order valence-corrected chi connectivity index (χ1v) is 9.47. The van der Waals surface area contributed by atoms with Gasteiger partial charge in [-0.05, 0) is 49.2 Å². The summed E-state index contributed by atoms with van der Waals surface area (Å²) in [5.74, 6) is 2.43. The number of nitrogens with zero attached hydrogens (tertiary/aromatic N) is 5. The predicted molar refractivity (Wildman–Crippen MR) is 114 cm³/mol. The minimum absolute atomic E-state index is 0.577. The Hall–Kier alpha value is -3.35. The van der Waals surface area contributed by atoms with E-state index in [9.17, 15) is 0 Å². The van der Waals surface area contributed by atoms with Crippen LogP contribution in [0.3, 0.4) is 0 Å². The van der Waals surface area contributed by atoms with Crippen molar-refractivity contribution < 1.29 is 0 Å². The Morgan fingerprint density at radius 2 is 1.61 bits per heavy atom. The number of hydrogen-bond donors (Lipinski definition) is 2. The molecule has 3 heterocycles.